The number of aryl methyl sites for hydroxylation is 1. The lowest BCUT2D eigenvalue weighted by molar-refractivity contribution is -0.121. The van der Waals surface area contributed by atoms with Gasteiger partial charge in [-0.15, -0.1) is 0 Å². The van der Waals surface area contributed by atoms with Gasteiger partial charge in [-0.1, -0.05) is 29.8 Å². The summed E-state index contributed by atoms with van der Waals surface area (Å²) in [6.07, 6.45) is 5.20. The zero-order valence-electron chi connectivity index (χ0n) is 14.0. The number of hydrogen-bond acceptors (Lipinski definition) is 5. The van der Waals surface area contributed by atoms with Crippen LogP contribution in [0.5, 0.6) is 5.75 Å². The van der Waals surface area contributed by atoms with Crippen molar-refractivity contribution in [1.29, 1.82) is 0 Å². The Labute approximate surface area is 141 Å². The smallest absolute Gasteiger partial charge is 0.229 e. The number of carbonyl (C=O) groups excluding carboxylic acids is 1. The van der Waals surface area contributed by atoms with E-state index in [1.165, 1.54) is 6.42 Å². The normalized spacial score (nSPS) is 14.2. The number of benzene rings is 1. The molecule has 3 rings (SSSR count). The van der Waals surface area contributed by atoms with Crippen molar-refractivity contribution >= 4 is 5.91 Å². The summed E-state index contributed by atoms with van der Waals surface area (Å²) in [7, 11) is 1.64. The minimum absolute atomic E-state index is 0.0172. The molecular formula is C18H23N3O3. The summed E-state index contributed by atoms with van der Waals surface area (Å²) in [5, 5.41) is 6.88. The molecule has 0 spiro atoms. The lowest BCUT2D eigenvalue weighted by Crippen LogP contribution is -2.26. The van der Waals surface area contributed by atoms with Crippen LogP contribution in [0.3, 0.4) is 0 Å². The molecule has 1 N–H and O–H groups in total. The third-order valence-corrected chi connectivity index (χ3v) is 4.42. The number of ether oxygens (including phenoxy) is 1. The van der Waals surface area contributed by atoms with Gasteiger partial charge in [0.05, 0.1) is 7.11 Å². The quantitative estimate of drug-likeness (QED) is 0.805. The van der Waals surface area contributed by atoms with E-state index >= 15 is 0 Å². The Morgan fingerprint density at radius 1 is 1.33 bits per heavy atom. The molecule has 0 radical (unpaired) electrons. The van der Waals surface area contributed by atoms with Gasteiger partial charge in [0, 0.05) is 25.3 Å². The minimum Gasteiger partial charge on any atom is -0.496 e. The lowest BCUT2D eigenvalue weighted by Gasteiger charge is -2.20. The van der Waals surface area contributed by atoms with E-state index in [1.807, 2.05) is 24.3 Å². The van der Waals surface area contributed by atoms with Gasteiger partial charge < -0.3 is 14.6 Å². The number of amides is 1. The van der Waals surface area contributed by atoms with Gasteiger partial charge in [-0.3, -0.25) is 4.79 Å². The monoisotopic (exact) mass is 329 g/mol. The number of nitrogens with one attached hydrogen (secondary N) is 1. The first-order valence-electron chi connectivity index (χ1n) is 8.47. The minimum atomic E-state index is 0.0172. The average Bonchev–Trinajstić information content (AvgIpc) is 2.99. The summed E-state index contributed by atoms with van der Waals surface area (Å²) in [5.41, 5.74) is 1.04. The van der Waals surface area contributed by atoms with Crippen molar-refractivity contribution in [3.05, 3.63) is 41.5 Å². The molecule has 6 heteroatoms. The molecule has 1 aliphatic rings. The van der Waals surface area contributed by atoms with Crippen molar-refractivity contribution in [2.45, 2.75) is 44.4 Å². The largest absolute Gasteiger partial charge is 0.496 e. The molecule has 128 valence electrons. The average molecular weight is 329 g/mol. The predicted molar refractivity (Wildman–Crippen MR) is 88.9 cm³/mol. The van der Waals surface area contributed by atoms with Gasteiger partial charge in [-0.05, 0) is 30.9 Å². The maximum Gasteiger partial charge on any atom is 0.229 e. The first kappa shape index (κ1) is 16.5. The van der Waals surface area contributed by atoms with Crippen LogP contribution < -0.4 is 10.1 Å². The number of carbonyl (C=O) groups is 1. The molecule has 1 amide bonds. The third kappa shape index (κ3) is 4.13. The van der Waals surface area contributed by atoms with Crippen LogP contribution in [0, 0.1) is 0 Å². The molecule has 1 saturated carbocycles. The van der Waals surface area contributed by atoms with Crippen LogP contribution >= 0.6 is 0 Å². The van der Waals surface area contributed by atoms with Gasteiger partial charge in [0.1, 0.15) is 5.75 Å². The molecular weight excluding hydrogens is 306 g/mol. The van der Waals surface area contributed by atoms with Gasteiger partial charge in [0.25, 0.3) is 0 Å². The van der Waals surface area contributed by atoms with E-state index < -0.39 is 0 Å². The maximum atomic E-state index is 12.0. The second-order valence-corrected chi connectivity index (χ2v) is 6.09. The molecule has 0 atom stereocenters. The maximum absolute atomic E-state index is 12.0. The van der Waals surface area contributed by atoms with Crippen LogP contribution in [0.15, 0.2) is 28.8 Å². The van der Waals surface area contributed by atoms with Crippen molar-refractivity contribution < 1.29 is 14.1 Å². The Kier molecular flexibility index (Phi) is 5.46. The fraction of sp³-hybridized carbons (Fsp3) is 0.500. The third-order valence-electron chi connectivity index (χ3n) is 4.42. The predicted octanol–water partition coefficient (Wildman–Crippen LogP) is 2.64. The van der Waals surface area contributed by atoms with Gasteiger partial charge in [-0.2, -0.15) is 4.98 Å². The fourth-order valence-electron chi connectivity index (χ4n) is 2.75. The Morgan fingerprint density at radius 2 is 2.17 bits per heavy atom. The van der Waals surface area contributed by atoms with Crippen LogP contribution in [0.1, 0.15) is 48.9 Å². The Balaban J connectivity index is 1.38. The molecule has 1 heterocycles. The highest BCUT2D eigenvalue weighted by Crippen LogP contribution is 2.35. The number of rotatable bonds is 8. The Hall–Kier alpha value is -2.37. The summed E-state index contributed by atoms with van der Waals surface area (Å²) in [6, 6.07) is 7.76. The molecule has 0 saturated heterocycles. The van der Waals surface area contributed by atoms with Crippen molar-refractivity contribution in [2.24, 2.45) is 0 Å². The standard InChI is InChI=1S/C18H23N3O3/c1-23-15-8-3-2-5-13(15)9-10-17(22)19-12-11-16-20-18(24-21-16)14-6-4-7-14/h2-3,5,8,14H,4,6-7,9-12H2,1H3,(H,19,22). The Bertz CT molecular complexity index is 680. The first-order valence-corrected chi connectivity index (χ1v) is 8.47. The highest BCUT2D eigenvalue weighted by molar-refractivity contribution is 5.76. The molecule has 1 fully saturated rings. The molecule has 2 aromatic rings. The van der Waals surface area contributed by atoms with Crippen molar-refractivity contribution in [2.75, 3.05) is 13.7 Å². The highest BCUT2D eigenvalue weighted by atomic mass is 16.5. The van der Waals surface area contributed by atoms with Crippen LogP contribution in [0.2, 0.25) is 0 Å². The zero-order chi connectivity index (χ0) is 16.8. The van der Waals surface area contributed by atoms with E-state index in [4.69, 9.17) is 9.26 Å². The highest BCUT2D eigenvalue weighted by Gasteiger charge is 2.25. The van der Waals surface area contributed by atoms with Crippen molar-refractivity contribution in [3.63, 3.8) is 0 Å². The number of nitrogens with zero attached hydrogens (tertiary/aromatic N) is 2. The van der Waals surface area contributed by atoms with Gasteiger partial charge >= 0.3 is 0 Å². The van der Waals surface area contributed by atoms with E-state index in [1.54, 1.807) is 7.11 Å². The van der Waals surface area contributed by atoms with Crippen LogP contribution in [-0.2, 0) is 17.6 Å². The van der Waals surface area contributed by atoms with E-state index in [0.29, 0.717) is 37.5 Å². The first-order chi connectivity index (χ1) is 11.8. The number of aromatic nitrogens is 2. The van der Waals surface area contributed by atoms with E-state index in [-0.39, 0.29) is 5.91 Å². The van der Waals surface area contributed by atoms with E-state index in [9.17, 15) is 4.79 Å². The lowest BCUT2D eigenvalue weighted by atomic mass is 9.85. The molecule has 0 bridgehead atoms. The second-order valence-electron chi connectivity index (χ2n) is 6.09. The topological polar surface area (TPSA) is 77.2 Å². The molecule has 1 aromatic carbocycles. The SMILES string of the molecule is COc1ccccc1CCC(=O)NCCc1noc(C2CCC2)n1. The van der Waals surface area contributed by atoms with Crippen LogP contribution in [0.4, 0.5) is 0 Å². The molecule has 0 aliphatic heterocycles. The van der Waals surface area contributed by atoms with Gasteiger partial charge in [0.15, 0.2) is 5.82 Å². The van der Waals surface area contributed by atoms with Gasteiger partial charge in [-0.25, -0.2) is 0 Å². The molecule has 6 nitrogen and oxygen atoms in total. The van der Waals surface area contributed by atoms with Crippen LogP contribution in [0.25, 0.3) is 0 Å². The summed E-state index contributed by atoms with van der Waals surface area (Å²) >= 11 is 0. The second kappa shape index (κ2) is 7.95. The summed E-state index contributed by atoms with van der Waals surface area (Å²) < 4.78 is 10.6. The fourth-order valence-corrected chi connectivity index (χ4v) is 2.75. The summed E-state index contributed by atoms with van der Waals surface area (Å²) in [5.74, 6) is 2.70. The molecule has 24 heavy (non-hydrogen) atoms. The molecule has 1 aromatic heterocycles. The van der Waals surface area contributed by atoms with E-state index in [0.717, 1.165) is 30.0 Å². The summed E-state index contributed by atoms with van der Waals surface area (Å²) in [6.45, 7) is 0.522. The van der Waals surface area contributed by atoms with E-state index in [2.05, 4.69) is 15.5 Å². The number of hydrogen-bond donors (Lipinski definition) is 1. The van der Waals surface area contributed by atoms with Crippen molar-refractivity contribution in [3.8, 4) is 5.75 Å². The number of methoxy groups -OCH3 is 1. The summed E-state index contributed by atoms with van der Waals surface area (Å²) in [4.78, 5) is 16.4. The van der Waals surface area contributed by atoms with Gasteiger partial charge in [0.2, 0.25) is 11.8 Å². The molecule has 0 unspecified atom stereocenters. The van der Waals surface area contributed by atoms with Crippen molar-refractivity contribution in [1.82, 2.24) is 15.5 Å². The molecule has 1 aliphatic carbocycles. The number of para-hydroxylation sites is 1. The van der Waals surface area contributed by atoms with Crippen LogP contribution in [-0.4, -0.2) is 29.7 Å². The zero-order valence-corrected chi connectivity index (χ0v) is 14.0. The Morgan fingerprint density at radius 3 is 2.92 bits per heavy atom.